The van der Waals surface area contributed by atoms with Gasteiger partial charge in [0.05, 0.1) is 5.69 Å². The lowest BCUT2D eigenvalue weighted by Crippen LogP contribution is -2.02. The Morgan fingerprint density at radius 1 is 0.929 bits per heavy atom. The number of nitrogens with zero attached hydrogens (tertiary/aromatic N) is 2. The van der Waals surface area contributed by atoms with E-state index in [1.165, 1.54) is 48.8 Å². The van der Waals surface area contributed by atoms with Crippen LogP contribution in [0.4, 0.5) is 0 Å². The molecule has 0 fully saturated rings. The Morgan fingerprint density at radius 3 is 2.64 bits per heavy atom. The van der Waals surface area contributed by atoms with Crippen molar-refractivity contribution in [2.75, 3.05) is 0 Å². The smallest absolute Gasteiger partial charge is 0.146 e. The van der Waals surface area contributed by atoms with Crippen LogP contribution in [0.1, 0.15) is 54.3 Å². The van der Waals surface area contributed by atoms with Crippen LogP contribution in [0, 0.1) is 6.92 Å². The molecule has 0 saturated heterocycles. The van der Waals surface area contributed by atoms with Crippen LogP contribution in [-0.4, -0.2) is 9.97 Å². The van der Waals surface area contributed by atoms with Crippen LogP contribution in [-0.2, 0) is 25.9 Å². The Morgan fingerprint density at radius 2 is 1.79 bits per heavy atom. The molecule has 1 aromatic carbocycles. The van der Waals surface area contributed by atoms with Crippen molar-refractivity contribution in [3.63, 3.8) is 0 Å². The van der Waals surface area contributed by atoms with Gasteiger partial charge in [0, 0.05) is 17.5 Å². The van der Waals surface area contributed by atoms with Gasteiger partial charge in [-0.2, -0.15) is 0 Å². The van der Waals surface area contributed by atoms with E-state index in [1.807, 2.05) is 25.3 Å². The van der Waals surface area contributed by atoms with E-state index in [0.717, 1.165) is 34.8 Å². The summed E-state index contributed by atoms with van der Waals surface area (Å²) in [5.74, 6) is 0.822. The van der Waals surface area contributed by atoms with Crippen molar-refractivity contribution in [2.45, 2.75) is 59.0 Å². The normalized spacial score (nSPS) is 13.6. The van der Waals surface area contributed by atoms with Gasteiger partial charge in [0.2, 0.25) is 0 Å². The van der Waals surface area contributed by atoms with Crippen molar-refractivity contribution in [1.29, 1.82) is 0 Å². The molecular weight excluding hydrogens is 344 g/mol. The molecule has 0 unspecified atom stereocenters. The number of hydrogen-bond donors (Lipinski definition) is 0. The summed E-state index contributed by atoms with van der Waals surface area (Å²) in [6, 6.07) is 15.0. The third-order valence-corrected chi connectivity index (χ3v) is 5.53. The monoisotopic (exact) mass is 372 g/mol. The molecule has 0 aliphatic heterocycles. The Balaban J connectivity index is 1.62. The van der Waals surface area contributed by atoms with E-state index in [1.54, 1.807) is 0 Å². The van der Waals surface area contributed by atoms with Crippen molar-refractivity contribution in [2.24, 2.45) is 0 Å². The molecule has 0 spiro atoms. The van der Waals surface area contributed by atoms with E-state index >= 15 is 0 Å². The number of pyridine rings is 2. The van der Waals surface area contributed by atoms with E-state index in [0.29, 0.717) is 6.61 Å². The lowest BCUT2D eigenvalue weighted by atomic mass is 9.98. The number of ether oxygens (including phenoxy) is 1. The van der Waals surface area contributed by atoms with Crippen molar-refractivity contribution in [3.05, 3.63) is 76.7 Å². The van der Waals surface area contributed by atoms with Crippen LogP contribution in [0.3, 0.4) is 0 Å². The summed E-state index contributed by atoms with van der Waals surface area (Å²) in [4.78, 5) is 9.26. The van der Waals surface area contributed by atoms with Crippen molar-refractivity contribution in [3.8, 4) is 17.0 Å². The van der Waals surface area contributed by atoms with E-state index in [9.17, 15) is 0 Å². The third kappa shape index (κ3) is 4.24. The van der Waals surface area contributed by atoms with Crippen LogP contribution in [0.5, 0.6) is 5.75 Å². The van der Waals surface area contributed by atoms with Gasteiger partial charge in [-0.3, -0.25) is 4.98 Å². The highest BCUT2D eigenvalue weighted by Gasteiger charge is 2.14. The van der Waals surface area contributed by atoms with Crippen LogP contribution in [0.25, 0.3) is 11.3 Å². The second-order valence-electron chi connectivity index (χ2n) is 7.64. The molecule has 0 atom stereocenters. The van der Waals surface area contributed by atoms with Gasteiger partial charge in [0.15, 0.2) is 0 Å². The molecule has 0 radical (unpaired) electrons. The molecule has 3 aromatic rings. The number of benzene rings is 1. The second kappa shape index (κ2) is 8.55. The molecule has 0 saturated carbocycles. The van der Waals surface area contributed by atoms with Gasteiger partial charge >= 0.3 is 0 Å². The molecule has 0 N–H and O–H groups in total. The zero-order chi connectivity index (χ0) is 19.3. The Labute approximate surface area is 167 Å². The maximum absolute atomic E-state index is 6.18. The first kappa shape index (κ1) is 18.7. The number of rotatable bonds is 5. The molecule has 3 nitrogen and oxygen atoms in total. The molecule has 2 aromatic heterocycles. The van der Waals surface area contributed by atoms with Crippen molar-refractivity contribution >= 4 is 0 Å². The summed E-state index contributed by atoms with van der Waals surface area (Å²) < 4.78 is 6.18. The van der Waals surface area contributed by atoms with E-state index < -0.39 is 0 Å². The SMILES string of the molecule is CCc1ccnc(COc2ccc(C)nc2-c2ccc3c(c2)CCCCC3)c1. The van der Waals surface area contributed by atoms with Gasteiger partial charge in [-0.25, -0.2) is 4.98 Å². The lowest BCUT2D eigenvalue weighted by molar-refractivity contribution is 0.301. The van der Waals surface area contributed by atoms with Crippen molar-refractivity contribution < 1.29 is 4.74 Å². The first-order chi connectivity index (χ1) is 13.7. The summed E-state index contributed by atoms with van der Waals surface area (Å²) in [6.45, 7) is 4.64. The zero-order valence-corrected chi connectivity index (χ0v) is 16.9. The summed E-state index contributed by atoms with van der Waals surface area (Å²) in [5.41, 5.74) is 8.28. The van der Waals surface area contributed by atoms with Gasteiger partial charge in [-0.1, -0.05) is 25.5 Å². The summed E-state index contributed by atoms with van der Waals surface area (Å²) in [7, 11) is 0. The van der Waals surface area contributed by atoms with Crippen LogP contribution >= 0.6 is 0 Å². The highest BCUT2D eigenvalue weighted by Crippen LogP contribution is 2.32. The molecule has 0 bridgehead atoms. The minimum Gasteiger partial charge on any atom is -0.485 e. The number of hydrogen-bond acceptors (Lipinski definition) is 3. The maximum atomic E-state index is 6.18. The molecule has 1 aliphatic rings. The molecule has 2 heterocycles. The van der Waals surface area contributed by atoms with Gasteiger partial charge < -0.3 is 4.74 Å². The van der Waals surface area contributed by atoms with E-state index in [2.05, 4.69) is 42.2 Å². The van der Waals surface area contributed by atoms with Crippen molar-refractivity contribution in [1.82, 2.24) is 9.97 Å². The van der Waals surface area contributed by atoms with Gasteiger partial charge in [-0.15, -0.1) is 0 Å². The van der Waals surface area contributed by atoms with Gasteiger partial charge in [0.1, 0.15) is 18.1 Å². The van der Waals surface area contributed by atoms with Crippen LogP contribution in [0.15, 0.2) is 48.7 Å². The van der Waals surface area contributed by atoms with Gasteiger partial charge in [0.25, 0.3) is 0 Å². The maximum Gasteiger partial charge on any atom is 0.146 e. The summed E-state index contributed by atoms with van der Waals surface area (Å²) >= 11 is 0. The van der Waals surface area contributed by atoms with Crippen LogP contribution < -0.4 is 4.74 Å². The van der Waals surface area contributed by atoms with Gasteiger partial charge in [-0.05, 0) is 86.1 Å². The van der Waals surface area contributed by atoms with E-state index in [-0.39, 0.29) is 0 Å². The topological polar surface area (TPSA) is 35.0 Å². The molecule has 4 rings (SSSR count). The lowest BCUT2D eigenvalue weighted by Gasteiger charge is -2.14. The standard InChI is InChI=1S/C25H28N2O/c1-3-19-13-14-26-23(15-19)17-28-24-12-9-18(2)27-25(24)22-11-10-20-7-5-4-6-8-21(20)16-22/h9-16H,3-8,17H2,1-2H3. The molecule has 0 amide bonds. The molecule has 3 heteroatoms. The fourth-order valence-electron chi connectivity index (χ4n) is 3.90. The minimum atomic E-state index is 0.455. The first-order valence-corrected chi connectivity index (χ1v) is 10.4. The second-order valence-corrected chi connectivity index (χ2v) is 7.64. The Hall–Kier alpha value is -2.68. The third-order valence-electron chi connectivity index (χ3n) is 5.53. The summed E-state index contributed by atoms with van der Waals surface area (Å²) in [6.07, 6.45) is 9.12. The quantitative estimate of drug-likeness (QED) is 0.526. The number of fused-ring (bicyclic) bond motifs is 1. The summed E-state index contributed by atoms with van der Waals surface area (Å²) in [5, 5.41) is 0. The fraction of sp³-hybridized carbons (Fsp3) is 0.360. The highest BCUT2D eigenvalue weighted by atomic mass is 16.5. The highest BCUT2D eigenvalue weighted by molar-refractivity contribution is 5.68. The minimum absolute atomic E-state index is 0.455. The molecular formula is C25H28N2O. The first-order valence-electron chi connectivity index (χ1n) is 10.4. The predicted octanol–water partition coefficient (Wildman–Crippen LogP) is 5.86. The number of aryl methyl sites for hydroxylation is 4. The molecule has 28 heavy (non-hydrogen) atoms. The molecule has 144 valence electrons. The molecule has 1 aliphatic carbocycles. The van der Waals surface area contributed by atoms with E-state index in [4.69, 9.17) is 9.72 Å². The van der Waals surface area contributed by atoms with Crippen LogP contribution in [0.2, 0.25) is 0 Å². The Kier molecular flexibility index (Phi) is 5.70. The fourth-order valence-corrected chi connectivity index (χ4v) is 3.90. The number of aromatic nitrogens is 2. The zero-order valence-electron chi connectivity index (χ0n) is 16.9. The average Bonchev–Trinajstić information content (AvgIpc) is 2.98. The largest absolute Gasteiger partial charge is 0.485 e. The average molecular weight is 373 g/mol. The predicted molar refractivity (Wildman–Crippen MR) is 114 cm³/mol. The Bertz CT molecular complexity index is 965.